The summed E-state index contributed by atoms with van der Waals surface area (Å²) in [6.45, 7) is 2.37. The van der Waals surface area contributed by atoms with Gasteiger partial charge < -0.3 is 24.4 Å². The van der Waals surface area contributed by atoms with Gasteiger partial charge in [0.15, 0.2) is 11.5 Å². The highest BCUT2D eigenvalue weighted by Crippen LogP contribution is 2.38. The Morgan fingerprint density at radius 3 is 2.65 bits per heavy atom. The molecule has 2 fully saturated rings. The van der Waals surface area contributed by atoms with Crippen LogP contribution in [0.4, 0.5) is 16.2 Å². The molecular formula is C31H27IN4O6S. The van der Waals surface area contributed by atoms with Gasteiger partial charge in [-0.2, -0.15) is 5.26 Å². The lowest BCUT2D eigenvalue weighted by Gasteiger charge is -2.30. The van der Waals surface area contributed by atoms with Crippen molar-refractivity contribution in [3.05, 3.63) is 85.8 Å². The molecule has 0 unspecified atom stereocenters. The van der Waals surface area contributed by atoms with Crippen LogP contribution in [-0.2, 0) is 20.9 Å². The van der Waals surface area contributed by atoms with Gasteiger partial charge in [0.2, 0.25) is 5.91 Å². The fourth-order valence-electron chi connectivity index (χ4n) is 4.65. The number of halogens is 1. The van der Waals surface area contributed by atoms with Gasteiger partial charge in [0.05, 0.1) is 51.8 Å². The highest BCUT2D eigenvalue weighted by Gasteiger charge is 2.36. The van der Waals surface area contributed by atoms with Gasteiger partial charge in [-0.15, -0.1) is 0 Å². The maximum absolute atomic E-state index is 13.2. The Bertz CT molecular complexity index is 1630. The van der Waals surface area contributed by atoms with Crippen LogP contribution in [0.25, 0.3) is 6.08 Å². The van der Waals surface area contributed by atoms with Crippen LogP contribution in [0.1, 0.15) is 16.7 Å². The number of hydrogen-bond acceptors (Lipinski definition) is 9. The first-order chi connectivity index (χ1) is 20.9. The smallest absolute Gasteiger partial charge is 0.294 e. The minimum atomic E-state index is -0.547. The Morgan fingerprint density at radius 2 is 1.88 bits per heavy atom. The minimum Gasteiger partial charge on any atom is -0.493 e. The zero-order valence-corrected chi connectivity index (χ0v) is 26.1. The van der Waals surface area contributed by atoms with E-state index in [-0.39, 0.29) is 11.5 Å². The summed E-state index contributed by atoms with van der Waals surface area (Å²) in [5.41, 5.74) is 3.36. The predicted octanol–water partition coefficient (Wildman–Crippen LogP) is 5.26. The number of para-hydroxylation sites is 2. The number of methoxy groups -OCH3 is 1. The van der Waals surface area contributed by atoms with Crippen LogP contribution in [0.15, 0.2) is 65.6 Å². The first kappa shape index (κ1) is 30.4. The van der Waals surface area contributed by atoms with Gasteiger partial charge in [-0.3, -0.25) is 19.3 Å². The number of nitrogens with one attached hydrogen (secondary N) is 1. The lowest BCUT2D eigenvalue weighted by molar-refractivity contribution is -0.127. The Labute approximate surface area is 266 Å². The molecular weight excluding hydrogens is 683 g/mol. The lowest BCUT2D eigenvalue weighted by Crippen LogP contribution is -2.38. The van der Waals surface area contributed by atoms with Gasteiger partial charge in [0.25, 0.3) is 11.1 Å². The highest BCUT2D eigenvalue weighted by molar-refractivity contribution is 14.1. The van der Waals surface area contributed by atoms with Crippen LogP contribution in [-0.4, -0.2) is 61.9 Å². The number of nitrogens with zero attached hydrogens (tertiary/aromatic N) is 3. The van der Waals surface area contributed by atoms with Gasteiger partial charge in [0, 0.05) is 18.7 Å². The summed E-state index contributed by atoms with van der Waals surface area (Å²) >= 11 is 2.89. The third kappa shape index (κ3) is 7.12. The summed E-state index contributed by atoms with van der Waals surface area (Å²) < 4.78 is 17.7. The molecule has 3 amide bonds. The number of hydrogen-bond donors (Lipinski definition) is 1. The molecule has 43 heavy (non-hydrogen) atoms. The molecule has 3 aromatic rings. The van der Waals surface area contributed by atoms with E-state index in [0.717, 1.165) is 31.5 Å². The van der Waals surface area contributed by atoms with E-state index >= 15 is 0 Å². The van der Waals surface area contributed by atoms with Crippen LogP contribution in [0.3, 0.4) is 0 Å². The van der Waals surface area contributed by atoms with E-state index in [4.69, 9.17) is 14.2 Å². The number of rotatable bonds is 9. The van der Waals surface area contributed by atoms with E-state index in [0.29, 0.717) is 54.6 Å². The largest absolute Gasteiger partial charge is 0.493 e. The third-order valence-corrected chi connectivity index (χ3v) is 8.47. The topological polar surface area (TPSA) is 121 Å². The molecule has 12 heteroatoms. The van der Waals surface area contributed by atoms with Crippen molar-refractivity contribution in [2.75, 3.05) is 50.2 Å². The molecule has 2 saturated heterocycles. The number of amides is 3. The monoisotopic (exact) mass is 710 g/mol. The second kappa shape index (κ2) is 13.9. The van der Waals surface area contributed by atoms with Crippen molar-refractivity contribution in [1.29, 1.82) is 5.26 Å². The van der Waals surface area contributed by atoms with Crippen molar-refractivity contribution in [1.82, 2.24) is 4.90 Å². The molecule has 220 valence electrons. The molecule has 3 aromatic carbocycles. The molecule has 0 saturated carbocycles. The van der Waals surface area contributed by atoms with E-state index in [1.165, 1.54) is 7.11 Å². The molecule has 1 N–H and O–H groups in total. The first-order valence-corrected chi connectivity index (χ1v) is 15.2. The summed E-state index contributed by atoms with van der Waals surface area (Å²) in [4.78, 5) is 42.1. The summed E-state index contributed by atoms with van der Waals surface area (Å²) in [5.74, 6) is -0.0887. The van der Waals surface area contributed by atoms with Gasteiger partial charge >= 0.3 is 0 Å². The number of carbonyl (C=O) groups excluding carboxylic acids is 3. The quantitative estimate of drug-likeness (QED) is 0.234. The Kier molecular flexibility index (Phi) is 9.86. The van der Waals surface area contributed by atoms with Gasteiger partial charge in [-0.1, -0.05) is 30.3 Å². The summed E-state index contributed by atoms with van der Waals surface area (Å²) in [6.07, 6.45) is 1.59. The Hall–Kier alpha value is -4.06. The normalized spacial score (nSPS) is 15.9. The average Bonchev–Trinajstić information content (AvgIpc) is 3.28. The van der Waals surface area contributed by atoms with Gasteiger partial charge in [-0.25, -0.2) is 0 Å². The molecule has 0 atom stereocenters. The summed E-state index contributed by atoms with van der Waals surface area (Å²) in [6, 6.07) is 20.3. The molecule has 0 bridgehead atoms. The fraction of sp³-hybridized carbons (Fsp3) is 0.226. The second-order valence-electron chi connectivity index (χ2n) is 9.52. The van der Waals surface area contributed by atoms with Crippen LogP contribution in [0, 0.1) is 14.9 Å². The number of thioether (sulfide) groups is 1. The Balaban J connectivity index is 1.27. The van der Waals surface area contributed by atoms with E-state index in [1.807, 2.05) is 30.3 Å². The van der Waals surface area contributed by atoms with Gasteiger partial charge in [-0.05, 0) is 76.3 Å². The molecule has 2 aliphatic rings. The summed E-state index contributed by atoms with van der Waals surface area (Å²) in [5, 5.41) is 11.7. The molecule has 0 radical (unpaired) electrons. The fourth-order valence-corrected chi connectivity index (χ4v) is 6.27. The van der Waals surface area contributed by atoms with Crippen LogP contribution in [0.5, 0.6) is 11.5 Å². The van der Waals surface area contributed by atoms with E-state index < -0.39 is 23.6 Å². The molecule has 5 rings (SSSR count). The van der Waals surface area contributed by atoms with Crippen molar-refractivity contribution in [3.8, 4) is 17.6 Å². The number of benzene rings is 3. The Morgan fingerprint density at radius 1 is 1.14 bits per heavy atom. The summed E-state index contributed by atoms with van der Waals surface area (Å²) in [7, 11) is 1.51. The predicted molar refractivity (Wildman–Crippen MR) is 172 cm³/mol. The first-order valence-electron chi connectivity index (χ1n) is 13.3. The van der Waals surface area contributed by atoms with E-state index in [1.54, 1.807) is 36.4 Å². The molecule has 0 aliphatic carbocycles. The standard InChI is InChI=1S/C31H27IN4O6S/c1-40-26-15-20(14-23(32)29(26)42-19-22-7-3-2-6-21(22)17-33)16-27-30(38)36(31(39)43-27)18-28(37)34-24-8-4-5-9-25(24)35-10-12-41-13-11-35/h2-9,14-16H,10-13,18-19H2,1H3,(H,34,37)/b27-16+. The number of morpholine rings is 1. The van der Waals surface area contributed by atoms with Crippen molar-refractivity contribution >= 4 is 68.9 Å². The number of anilines is 2. The number of carbonyl (C=O) groups is 3. The minimum absolute atomic E-state index is 0.174. The van der Waals surface area contributed by atoms with Crippen LogP contribution in [0.2, 0.25) is 0 Å². The van der Waals surface area contributed by atoms with Crippen molar-refractivity contribution in [2.45, 2.75) is 6.61 Å². The maximum Gasteiger partial charge on any atom is 0.294 e. The molecule has 0 aromatic heterocycles. The SMILES string of the molecule is COc1cc(/C=C2/SC(=O)N(CC(=O)Nc3ccccc3N3CCOCC3)C2=O)cc(I)c1OCc1ccccc1C#N. The van der Waals surface area contributed by atoms with Crippen LogP contribution >= 0.6 is 34.4 Å². The molecule has 10 nitrogen and oxygen atoms in total. The van der Waals surface area contributed by atoms with Crippen LogP contribution < -0.4 is 19.7 Å². The maximum atomic E-state index is 13.2. The second-order valence-corrected chi connectivity index (χ2v) is 11.7. The zero-order valence-electron chi connectivity index (χ0n) is 23.2. The number of nitriles is 1. The lowest BCUT2D eigenvalue weighted by atomic mass is 10.1. The van der Waals surface area contributed by atoms with Crippen molar-refractivity contribution in [2.24, 2.45) is 0 Å². The highest BCUT2D eigenvalue weighted by atomic mass is 127. The van der Waals surface area contributed by atoms with E-state index in [9.17, 15) is 19.6 Å². The molecule has 2 aliphatic heterocycles. The number of ether oxygens (including phenoxy) is 3. The molecule has 0 spiro atoms. The average molecular weight is 711 g/mol. The van der Waals surface area contributed by atoms with Crippen molar-refractivity contribution < 1.29 is 28.6 Å². The van der Waals surface area contributed by atoms with E-state index in [2.05, 4.69) is 38.9 Å². The third-order valence-electron chi connectivity index (χ3n) is 6.76. The van der Waals surface area contributed by atoms with Crippen molar-refractivity contribution in [3.63, 3.8) is 0 Å². The van der Waals surface area contributed by atoms with Gasteiger partial charge in [0.1, 0.15) is 13.2 Å². The molecule has 2 heterocycles. The number of imide groups is 1. The zero-order chi connectivity index (χ0) is 30.3.